The molecule has 1 aliphatic heterocycles. The van der Waals surface area contributed by atoms with Crippen LogP contribution in [0.4, 0.5) is 5.69 Å². The Morgan fingerprint density at radius 1 is 1.11 bits per heavy atom. The van der Waals surface area contributed by atoms with Crippen molar-refractivity contribution in [3.05, 3.63) is 86.6 Å². The summed E-state index contributed by atoms with van der Waals surface area (Å²) in [4.78, 5) is 49.3. The van der Waals surface area contributed by atoms with Crippen molar-refractivity contribution in [2.45, 2.75) is 29.6 Å². The number of benzene rings is 2. The van der Waals surface area contributed by atoms with Crippen LogP contribution in [0.15, 0.2) is 72.9 Å². The highest BCUT2D eigenvalue weighted by molar-refractivity contribution is 7.91. The molecule has 238 valence electrons. The molecule has 1 aliphatic rings. The first kappa shape index (κ1) is 32.4. The smallest absolute Gasteiger partial charge is 0.321 e. The summed E-state index contributed by atoms with van der Waals surface area (Å²) in [6, 6.07) is 7.78. The standard InChI is InChI=1S/C27H23ClN8O8S2/c1-12-8-16-17(9-13(12)2)33-26(38)23(31-16)21(27(39)44-3)22(34-35-25(37)14-4-6-30-7-5-14)24-32-18-10-15(28)19(45(29,40)41)11-20(18)46(42,43)36-24/h4-11,21H,1-3H3,(H,32,36)(H,33,38)(H,35,37)(H2,29,40,41)/b34-22-/t21-/m1/s1. The number of fused-ring (bicyclic) bond motifs is 2. The number of nitrogens with zero attached hydrogens (tertiary/aromatic N) is 4. The maximum Gasteiger partial charge on any atom is 0.321 e. The van der Waals surface area contributed by atoms with Crippen LogP contribution < -0.4 is 21.4 Å². The van der Waals surface area contributed by atoms with E-state index in [4.69, 9.17) is 21.5 Å². The second-order valence-corrected chi connectivity index (χ2v) is 13.4. The molecule has 0 saturated heterocycles. The van der Waals surface area contributed by atoms with E-state index >= 15 is 0 Å². The van der Waals surface area contributed by atoms with Crippen molar-refractivity contribution in [1.82, 2.24) is 20.4 Å². The van der Waals surface area contributed by atoms with Gasteiger partial charge in [-0.05, 0) is 61.4 Å². The summed E-state index contributed by atoms with van der Waals surface area (Å²) >= 11 is 6.11. The molecule has 0 aliphatic carbocycles. The van der Waals surface area contributed by atoms with Gasteiger partial charge in [0.05, 0.1) is 28.9 Å². The van der Waals surface area contributed by atoms with Crippen LogP contribution in [0.3, 0.4) is 0 Å². The molecule has 2 aromatic heterocycles. The van der Waals surface area contributed by atoms with Gasteiger partial charge in [-0.25, -0.2) is 24.0 Å². The Bertz CT molecular complexity index is 2290. The van der Waals surface area contributed by atoms with Crippen LogP contribution in [-0.2, 0) is 29.6 Å². The molecule has 4 aromatic rings. The quantitative estimate of drug-likeness (QED) is 0.123. The minimum atomic E-state index is -4.74. The van der Waals surface area contributed by atoms with Crippen molar-refractivity contribution < 1.29 is 31.2 Å². The number of anilines is 1. The molecular weight excluding hydrogens is 664 g/mol. The van der Waals surface area contributed by atoms with Crippen molar-refractivity contribution in [2.24, 2.45) is 14.6 Å². The minimum absolute atomic E-state index is 0.0963. The van der Waals surface area contributed by atoms with Crippen molar-refractivity contribution in [2.75, 3.05) is 12.4 Å². The second kappa shape index (κ2) is 12.0. The van der Waals surface area contributed by atoms with Crippen LogP contribution in [0.1, 0.15) is 33.1 Å². The third-order valence-corrected chi connectivity index (χ3v) is 9.56. The molecule has 0 saturated carbocycles. The van der Waals surface area contributed by atoms with Gasteiger partial charge in [-0.1, -0.05) is 11.6 Å². The first-order chi connectivity index (χ1) is 21.6. The molecule has 0 spiro atoms. The maximum absolute atomic E-state index is 13.4. The molecule has 0 radical (unpaired) electrons. The lowest BCUT2D eigenvalue weighted by atomic mass is 9.97. The van der Waals surface area contributed by atoms with Gasteiger partial charge >= 0.3 is 5.97 Å². The van der Waals surface area contributed by atoms with E-state index in [1.165, 1.54) is 24.5 Å². The molecule has 1 amide bonds. The van der Waals surface area contributed by atoms with Gasteiger partial charge in [0.15, 0.2) is 11.8 Å². The molecule has 19 heteroatoms. The highest BCUT2D eigenvalue weighted by Crippen LogP contribution is 2.35. The molecule has 2 aromatic carbocycles. The van der Waals surface area contributed by atoms with E-state index in [-0.39, 0.29) is 16.8 Å². The number of hydrogen-bond acceptors (Lipinski definition) is 12. The number of amidine groups is 1. The first-order valence-electron chi connectivity index (χ1n) is 13.0. The van der Waals surface area contributed by atoms with Gasteiger partial charge in [0.25, 0.3) is 21.5 Å². The number of methoxy groups -OCH3 is 1. The molecule has 0 bridgehead atoms. The molecule has 0 unspecified atom stereocenters. The average molecular weight is 687 g/mol. The SMILES string of the molecule is COC(=O)[C@H](/C(=N/NC(=O)c1ccncc1)C1=NS(=O)(=O)c2cc(S(N)(=O)=O)c(Cl)cc2N1)c1nc2cc(C)c(C)cc2[nH]c1=O. The molecular formula is C27H23ClN8O8S2. The lowest BCUT2D eigenvalue weighted by Gasteiger charge is -2.23. The molecule has 0 fully saturated rings. The number of ether oxygens (including phenoxy) is 1. The number of pyridine rings is 1. The first-order valence-corrected chi connectivity index (χ1v) is 16.3. The Hall–Kier alpha value is -5.04. The number of halogens is 1. The number of hydrogen-bond donors (Lipinski definition) is 4. The van der Waals surface area contributed by atoms with E-state index < -0.39 is 75.5 Å². The number of aromatic amines is 1. The van der Waals surface area contributed by atoms with Crippen LogP contribution in [0.25, 0.3) is 11.0 Å². The van der Waals surface area contributed by atoms with Crippen LogP contribution >= 0.6 is 11.6 Å². The molecule has 16 nitrogen and oxygen atoms in total. The predicted octanol–water partition coefficient (Wildman–Crippen LogP) is 1.49. The van der Waals surface area contributed by atoms with E-state index in [9.17, 15) is 31.2 Å². The number of nitrogens with one attached hydrogen (secondary N) is 3. The number of carbonyl (C=O) groups is 2. The zero-order valence-electron chi connectivity index (χ0n) is 24.0. The Labute approximate surface area is 265 Å². The Kier molecular flexibility index (Phi) is 8.47. The largest absolute Gasteiger partial charge is 0.468 e. The van der Waals surface area contributed by atoms with Crippen LogP contribution in [0.2, 0.25) is 5.02 Å². The normalized spacial score (nSPS) is 14.9. The number of carbonyl (C=O) groups excluding carboxylic acids is 2. The van der Waals surface area contributed by atoms with Gasteiger partial charge in [0.2, 0.25) is 10.0 Å². The summed E-state index contributed by atoms with van der Waals surface area (Å²) in [5, 5.41) is 11.4. The molecule has 5 rings (SSSR count). The van der Waals surface area contributed by atoms with Crippen LogP contribution in [0.5, 0.6) is 0 Å². The lowest BCUT2D eigenvalue weighted by Crippen LogP contribution is -2.40. The van der Waals surface area contributed by atoms with E-state index in [1.807, 2.05) is 13.8 Å². The van der Waals surface area contributed by atoms with Gasteiger partial charge < -0.3 is 15.0 Å². The number of hydrazone groups is 1. The Morgan fingerprint density at radius 2 is 1.78 bits per heavy atom. The third-order valence-electron chi connectivity index (χ3n) is 6.86. The number of amides is 1. The highest BCUT2D eigenvalue weighted by Gasteiger charge is 2.39. The molecule has 3 heterocycles. The van der Waals surface area contributed by atoms with E-state index in [0.717, 1.165) is 30.4 Å². The van der Waals surface area contributed by atoms with Crippen molar-refractivity contribution in [1.29, 1.82) is 0 Å². The third kappa shape index (κ3) is 6.23. The summed E-state index contributed by atoms with van der Waals surface area (Å²) in [5.41, 5.74) is 2.46. The Morgan fingerprint density at radius 3 is 2.43 bits per heavy atom. The van der Waals surface area contributed by atoms with Gasteiger partial charge in [0.1, 0.15) is 21.2 Å². The van der Waals surface area contributed by atoms with Crippen LogP contribution in [-0.4, -0.2) is 62.3 Å². The Balaban J connectivity index is 1.74. The van der Waals surface area contributed by atoms with Crippen LogP contribution in [0, 0.1) is 13.8 Å². The van der Waals surface area contributed by atoms with E-state index in [0.29, 0.717) is 5.52 Å². The van der Waals surface area contributed by atoms with Crippen molar-refractivity contribution in [3.63, 3.8) is 0 Å². The summed E-state index contributed by atoms with van der Waals surface area (Å²) in [6.45, 7) is 3.65. The average Bonchev–Trinajstić information content (AvgIpc) is 2.98. The maximum atomic E-state index is 13.4. The topological polar surface area (TPSA) is 245 Å². The fourth-order valence-corrected chi connectivity index (χ4v) is 6.76. The summed E-state index contributed by atoms with van der Waals surface area (Å²) < 4.78 is 59.4. The highest BCUT2D eigenvalue weighted by atomic mass is 35.5. The number of aromatic nitrogens is 3. The molecule has 5 N–H and O–H groups in total. The zero-order chi connectivity index (χ0) is 33.6. The lowest BCUT2D eigenvalue weighted by molar-refractivity contribution is -0.140. The van der Waals surface area contributed by atoms with E-state index in [2.05, 4.69) is 35.2 Å². The summed E-state index contributed by atoms with van der Waals surface area (Å²) in [5.74, 6) is -4.41. The summed E-state index contributed by atoms with van der Waals surface area (Å²) in [6.07, 6.45) is 2.68. The fourth-order valence-electron chi connectivity index (χ4n) is 4.45. The molecule has 46 heavy (non-hydrogen) atoms. The number of nitrogens with two attached hydrogens (primary N) is 1. The number of primary sulfonamides is 1. The van der Waals surface area contributed by atoms with Gasteiger partial charge in [-0.3, -0.25) is 19.4 Å². The number of H-pyrrole nitrogens is 1. The zero-order valence-corrected chi connectivity index (χ0v) is 26.4. The fraction of sp³-hybridized carbons (Fsp3) is 0.148. The van der Waals surface area contributed by atoms with Crippen molar-refractivity contribution >= 4 is 71.8 Å². The predicted molar refractivity (Wildman–Crippen MR) is 167 cm³/mol. The monoisotopic (exact) mass is 686 g/mol. The number of rotatable bonds is 7. The number of aryl methyl sites for hydroxylation is 2. The molecule has 1 atom stereocenters. The number of sulfonamides is 2. The second-order valence-electron chi connectivity index (χ2n) is 9.90. The van der Waals surface area contributed by atoms with Gasteiger partial charge in [-0.15, -0.1) is 4.40 Å². The van der Waals surface area contributed by atoms with Crippen molar-refractivity contribution in [3.8, 4) is 0 Å². The summed E-state index contributed by atoms with van der Waals surface area (Å²) in [7, 11) is -8.17. The van der Waals surface area contributed by atoms with E-state index in [1.54, 1.807) is 12.1 Å². The van der Waals surface area contributed by atoms with Gasteiger partial charge in [-0.2, -0.15) is 13.5 Å². The minimum Gasteiger partial charge on any atom is -0.468 e. The van der Waals surface area contributed by atoms with Gasteiger partial charge in [0, 0.05) is 18.0 Å². The number of esters is 1.